The van der Waals surface area contributed by atoms with E-state index in [0.717, 1.165) is 22.4 Å². The van der Waals surface area contributed by atoms with Crippen LogP contribution in [0.4, 0.5) is 17.1 Å². The maximum absolute atomic E-state index is 12.8. The Kier molecular flexibility index (Phi) is 41.0. The van der Waals surface area contributed by atoms with Gasteiger partial charge in [0, 0.05) is 68.5 Å². The van der Waals surface area contributed by atoms with Gasteiger partial charge in [-0.3, -0.25) is 38.4 Å². The number of benzene rings is 8. The number of nitriles is 1. The minimum Gasteiger partial charge on any atom is -0.497 e. The van der Waals surface area contributed by atoms with Gasteiger partial charge in [0.1, 0.15) is 23.0 Å². The predicted octanol–water partition coefficient (Wildman–Crippen LogP) is 15.0. The van der Waals surface area contributed by atoms with E-state index in [0.29, 0.717) is 74.1 Å². The first-order chi connectivity index (χ1) is 44.8. The van der Waals surface area contributed by atoms with Gasteiger partial charge in [-0.2, -0.15) is 5.26 Å². The molecule has 0 aliphatic heterocycles. The van der Waals surface area contributed by atoms with Crippen LogP contribution in [0.2, 0.25) is 0 Å². The average molecular weight is 1350 g/mol. The molecule has 0 fully saturated rings. The molecule has 21 heteroatoms. The van der Waals surface area contributed by atoms with Crippen LogP contribution in [-0.4, -0.2) is 92.4 Å². The smallest absolute Gasteiger partial charge is 0.308 e. The number of nitrogens with zero attached hydrogens (tertiary/aromatic N) is 1. The lowest BCUT2D eigenvalue weighted by Crippen LogP contribution is -2.18. The highest BCUT2D eigenvalue weighted by Crippen LogP contribution is 2.32. The molecule has 0 spiro atoms. The molecule has 20 nitrogen and oxygen atoms in total. The second kappa shape index (κ2) is 46.5. The summed E-state index contributed by atoms with van der Waals surface area (Å²) in [5, 5.41) is 20.4. The van der Waals surface area contributed by atoms with Crippen LogP contribution in [0, 0.1) is 11.3 Å². The highest BCUT2D eigenvalue weighted by atomic mass is 35.5. The summed E-state index contributed by atoms with van der Waals surface area (Å²) < 4.78 is 29.8. The molecule has 1 amide bonds. The number of hydrogen-bond acceptors (Lipinski definition) is 17. The number of carboxylic acids is 1. The van der Waals surface area contributed by atoms with E-state index >= 15 is 0 Å². The molecular weight excluding hydrogens is 1260 g/mol. The number of nitrogens with two attached hydrogens (primary N) is 2. The van der Waals surface area contributed by atoms with E-state index < -0.39 is 17.2 Å². The topological polar surface area (TPSA) is 316 Å². The van der Waals surface area contributed by atoms with Gasteiger partial charge in [0.25, 0.3) is 5.56 Å². The number of rotatable bonds is 20. The normalized spacial score (nSPS) is 9.38. The van der Waals surface area contributed by atoms with Gasteiger partial charge in [-0.25, -0.2) is 0 Å². The molecule has 0 aliphatic carbocycles. The van der Waals surface area contributed by atoms with E-state index in [-0.39, 0.29) is 103 Å². The number of esters is 2. The fourth-order valence-corrected chi connectivity index (χ4v) is 8.30. The second-order valence-corrected chi connectivity index (χ2v) is 19.6. The Morgan fingerprint density at radius 2 is 0.969 bits per heavy atom. The van der Waals surface area contributed by atoms with Gasteiger partial charge < -0.3 is 55.3 Å². The molecular formula is C76H88ClN5O15. The first-order valence-electron chi connectivity index (χ1n) is 28.7. The van der Waals surface area contributed by atoms with E-state index in [9.17, 15) is 38.4 Å². The zero-order valence-electron chi connectivity index (χ0n) is 52.1. The summed E-state index contributed by atoms with van der Waals surface area (Å²) in [6.07, 6.45) is -0.245. The Balaban J connectivity index is 0.00000119. The van der Waals surface area contributed by atoms with E-state index in [4.69, 9.17) is 57.1 Å². The van der Waals surface area contributed by atoms with Crippen LogP contribution in [0.25, 0.3) is 22.0 Å². The number of halogens is 1. The number of ketones is 2. The van der Waals surface area contributed by atoms with Crippen LogP contribution in [0.3, 0.4) is 0 Å². The Bertz CT molecular complexity index is 4000. The lowest BCUT2D eigenvalue weighted by molar-refractivity contribution is -0.144. The number of H-pyrrole nitrogens is 1. The summed E-state index contributed by atoms with van der Waals surface area (Å²) in [7, 11) is 6.25. The molecule has 9 aromatic rings. The fraction of sp³-hybridized carbons (Fsp3) is 0.224. The fourth-order valence-electron chi connectivity index (χ4n) is 8.20. The standard InChI is InChI=1S/C20H21NO5.C18H15NO4.C14H13NO2.C7H9NO.C7H5N.C6H9ClO3.4CH4/c1-3-26-19(23)12-11-18(22)21-17-10-9-15(25-2)13-16(17)20(24)14-7-5-4-6-8-14;1-23-12-7-8-15-13(9-12)17(11-5-3-2-4-6-11)14(10-16(20)21)18(22)19-15;1-17-11-7-8-13(15)12(9-11)14(16)10-5-3-2-4-6-10;1-9-7-4-2-6(8)3-5-7;8-6-7-4-2-1-3-5-7;1-2-10-6(9)4-3-5(7)8;;;;/h4-10,13H,3,11-12H2,1-2H3,(H,21,22);2-9H,10H2,1H3,(H,19,22)(H,20,21);2-9H,15H2,1H3;2-5H,8H2,1H3;1-5H;2-4H2,1H3;4*1H4. The number of aliphatic carboxylic acids is 1. The SMILES string of the molecule is C.C.C.C.CCOC(=O)CCC(=O)Cl.CCOC(=O)CCC(=O)Nc1ccc(OC)cc1C(=O)c1ccccc1.COc1ccc(N)c(C(=O)c2ccccc2)c1.COc1ccc(N)cc1.COc1ccc2[nH]c(=O)c(CC(=O)O)c(-c3ccccc3)c2c1.N#Cc1ccccc1. The first kappa shape index (κ1) is 85.4. The number of aromatic amines is 1. The van der Waals surface area contributed by atoms with Crippen molar-refractivity contribution in [1.82, 2.24) is 4.98 Å². The summed E-state index contributed by atoms with van der Waals surface area (Å²) >= 11 is 4.98. The highest BCUT2D eigenvalue weighted by molar-refractivity contribution is 6.63. The molecule has 1 aromatic heterocycles. The number of carbonyl (C=O) groups excluding carboxylic acids is 6. The van der Waals surface area contributed by atoms with E-state index in [1.165, 1.54) is 7.11 Å². The van der Waals surface area contributed by atoms with Crippen LogP contribution >= 0.6 is 11.6 Å². The molecule has 97 heavy (non-hydrogen) atoms. The molecule has 0 saturated carbocycles. The number of ether oxygens (including phenoxy) is 6. The number of nitrogens with one attached hydrogen (secondary N) is 2. The van der Waals surface area contributed by atoms with E-state index in [1.807, 2.05) is 91.0 Å². The summed E-state index contributed by atoms with van der Waals surface area (Å²) in [4.78, 5) is 95.4. The Morgan fingerprint density at radius 3 is 1.43 bits per heavy atom. The summed E-state index contributed by atoms with van der Waals surface area (Å²) in [5.74, 6) is 0.0569. The van der Waals surface area contributed by atoms with Crippen molar-refractivity contribution in [2.45, 2.75) is 75.7 Å². The molecule has 8 aromatic carbocycles. The number of carbonyl (C=O) groups is 7. The Labute approximate surface area is 573 Å². The number of nitrogen functional groups attached to an aromatic ring is 2. The van der Waals surface area contributed by atoms with Gasteiger partial charge in [-0.1, -0.05) is 139 Å². The number of amides is 1. The molecule has 0 unspecified atom stereocenters. The zero-order valence-corrected chi connectivity index (χ0v) is 52.9. The molecule has 0 atom stereocenters. The highest BCUT2D eigenvalue weighted by Gasteiger charge is 2.20. The number of pyridine rings is 1. The van der Waals surface area contributed by atoms with Gasteiger partial charge in [-0.15, -0.1) is 0 Å². The molecule has 1 heterocycles. The maximum atomic E-state index is 12.8. The summed E-state index contributed by atoms with van der Waals surface area (Å²) in [6.45, 7) is 4.03. The minimum atomic E-state index is -1.05. The van der Waals surface area contributed by atoms with Crippen molar-refractivity contribution in [3.8, 4) is 40.2 Å². The number of anilines is 3. The van der Waals surface area contributed by atoms with Crippen molar-refractivity contribution >= 4 is 80.2 Å². The second-order valence-electron chi connectivity index (χ2n) is 19.2. The van der Waals surface area contributed by atoms with Gasteiger partial charge in [0.05, 0.1) is 78.2 Å². The van der Waals surface area contributed by atoms with Gasteiger partial charge in [0.2, 0.25) is 11.1 Å². The molecule has 0 bridgehead atoms. The molecule has 514 valence electrons. The van der Waals surface area contributed by atoms with Crippen LogP contribution in [0.15, 0.2) is 205 Å². The monoisotopic (exact) mass is 1350 g/mol. The van der Waals surface area contributed by atoms with Crippen molar-refractivity contribution in [2.75, 3.05) is 58.4 Å². The Hall–Kier alpha value is -11.6. The van der Waals surface area contributed by atoms with E-state index in [2.05, 4.69) is 15.0 Å². The van der Waals surface area contributed by atoms with Crippen LogP contribution in [-0.2, 0) is 39.9 Å². The maximum Gasteiger partial charge on any atom is 0.308 e. The van der Waals surface area contributed by atoms with Gasteiger partial charge >= 0.3 is 17.9 Å². The average Bonchev–Trinajstić information content (AvgIpc) is 0.771. The molecule has 0 saturated heterocycles. The first-order valence-corrected chi connectivity index (χ1v) is 29.1. The van der Waals surface area contributed by atoms with Crippen molar-refractivity contribution in [3.05, 3.63) is 244 Å². The third-order valence-corrected chi connectivity index (χ3v) is 12.9. The number of methoxy groups -OCH3 is 4. The van der Waals surface area contributed by atoms with Gasteiger partial charge in [0.15, 0.2) is 11.6 Å². The Morgan fingerprint density at radius 1 is 0.536 bits per heavy atom. The van der Waals surface area contributed by atoms with E-state index in [1.54, 1.807) is 150 Å². The van der Waals surface area contributed by atoms with Crippen LogP contribution in [0.5, 0.6) is 23.0 Å². The number of fused-ring (bicyclic) bond motifs is 1. The van der Waals surface area contributed by atoms with Crippen molar-refractivity contribution in [1.29, 1.82) is 5.26 Å². The van der Waals surface area contributed by atoms with Gasteiger partial charge in [-0.05, 0) is 122 Å². The lowest BCUT2D eigenvalue weighted by Gasteiger charge is -2.13. The third-order valence-electron chi connectivity index (χ3n) is 12.7. The number of aromatic nitrogens is 1. The number of hydrogen-bond donors (Lipinski definition) is 5. The van der Waals surface area contributed by atoms with Crippen molar-refractivity contribution in [2.24, 2.45) is 0 Å². The molecule has 0 aliphatic rings. The molecule has 0 radical (unpaired) electrons. The summed E-state index contributed by atoms with van der Waals surface area (Å²) in [6, 6.07) is 60.8. The van der Waals surface area contributed by atoms with Crippen molar-refractivity contribution < 1.29 is 67.1 Å². The zero-order chi connectivity index (χ0) is 68.1. The minimum absolute atomic E-state index is 0. The van der Waals surface area contributed by atoms with Crippen molar-refractivity contribution in [3.63, 3.8) is 0 Å². The predicted molar refractivity (Wildman–Crippen MR) is 385 cm³/mol. The summed E-state index contributed by atoms with van der Waals surface area (Å²) in [5.41, 5.74) is 17.4. The molecule has 7 N–H and O–H groups in total. The van der Waals surface area contributed by atoms with Crippen LogP contribution in [0.1, 0.15) is 112 Å². The van der Waals surface area contributed by atoms with Crippen LogP contribution < -0.4 is 41.3 Å². The largest absolute Gasteiger partial charge is 0.497 e. The third kappa shape index (κ3) is 29.5. The molecule has 9 rings (SSSR count). The number of carboxylic acid groups (broad SMARTS) is 1. The quantitative estimate of drug-likeness (QED) is 0.0205. The lowest BCUT2D eigenvalue weighted by atomic mass is 9.94.